The molecule has 1 atom stereocenters. The number of phenols is 1. The van der Waals surface area contributed by atoms with Crippen molar-refractivity contribution in [1.82, 2.24) is 5.32 Å². The van der Waals surface area contributed by atoms with Crippen molar-refractivity contribution in [2.24, 2.45) is 5.92 Å². The highest BCUT2D eigenvalue weighted by Gasteiger charge is 2.16. The fourth-order valence-electron chi connectivity index (χ4n) is 2.51. The maximum atomic E-state index is 9.80. The molecule has 0 aromatic heterocycles. The van der Waals surface area contributed by atoms with Gasteiger partial charge in [-0.2, -0.15) is 0 Å². The van der Waals surface area contributed by atoms with Gasteiger partial charge in [0.05, 0.1) is 7.11 Å². The second-order valence-electron chi connectivity index (χ2n) is 4.87. The lowest BCUT2D eigenvalue weighted by atomic mass is 9.90. The molecule has 3 heteroatoms. The molecule has 1 fully saturated rings. The van der Waals surface area contributed by atoms with Gasteiger partial charge in [-0.1, -0.05) is 0 Å². The number of methoxy groups -OCH3 is 1. The van der Waals surface area contributed by atoms with Crippen LogP contribution in [0.15, 0.2) is 12.1 Å². The van der Waals surface area contributed by atoms with Crippen LogP contribution >= 0.6 is 0 Å². The third-order valence-electron chi connectivity index (χ3n) is 3.54. The summed E-state index contributed by atoms with van der Waals surface area (Å²) in [6.07, 6.45) is 3.57. The second-order valence-corrected chi connectivity index (χ2v) is 4.87. The Morgan fingerprint density at radius 1 is 1.47 bits per heavy atom. The van der Waals surface area contributed by atoms with Crippen molar-refractivity contribution >= 4 is 0 Å². The summed E-state index contributed by atoms with van der Waals surface area (Å²) >= 11 is 0. The quantitative estimate of drug-likeness (QED) is 0.844. The fourth-order valence-corrected chi connectivity index (χ4v) is 2.51. The third kappa shape index (κ3) is 2.91. The molecule has 1 aliphatic heterocycles. The van der Waals surface area contributed by atoms with Gasteiger partial charge >= 0.3 is 0 Å². The number of phenolic OH excluding ortho intramolecular Hbond substituents is 1. The largest absolute Gasteiger partial charge is 0.504 e. The van der Waals surface area contributed by atoms with Crippen molar-refractivity contribution in [1.29, 1.82) is 0 Å². The predicted molar refractivity (Wildman–Crippen MR) is 68.7 cm³/mol. The SMILES string of the molecule is COc1cc(C)c(CC2CCCNC2)cc1O. The lowest BCUT2D eigenvalue weighted by molar-refractivity contribution is 0.366. The van der Waals surface area contributed by atoms with E-state index in [1.807, 2.05) is 12.1 Å². The number of hydrogen-bond acceptors (Lipinski definition) is 3. The number of ether oxygens (including phenoxy) is 1. The number of piperidine rings is 1. The first-order valence-corrected chi connectivity index (χ1v) is 6.28. The first-order chi connectivity index (χ1) is 8.20. The minimum absolute atomic E-state index is 0.247. The van der Waals surface area contributed by atoms with Crippen LogP contribution < -0.4 is 10.1 Å². The fraction of sp³-hybridized carbons (Fsp3) is 0.571. The van der Waals surface area contributed by atoms with Crippen molar-refractivity contribution in [3.8, 4) is 11.5 Å². The van der Waals surface area contributed by atoms with Gasteiger partial charge in [0.15, 0.2) is 11.5 Å². The van der Waals surface area contributed by atoms with Crippen LogP contribution in [0, 0.1) is 12.8 Å². The summed E-state index contributed by atoms with van der Waals surface area (Å²) in [6.45, 7) is 4.31. The maximum Gasteiger partial charge on any atom is 0.160 e. The van der Waals surface area contributed by atoms with Crippen LogP contribution in [0.4, 0.5) is 0 Å². The zero-order valence-corrected chi connectivity index (χ0v) is 10.6. The second kappa shape index (κ2) is 5.41. The zero-order valence-electron chi connectivity index (χ0n) is 10.6. The minimum Gasteiger partial charge on any atom is -0.504 e. The summed E-state index contributed by atoms with van der Waals surface area (Å²) in [5, 5.41) is 13.2. The van der Waals surface area contributed by atoms with Gasteiger partial charge in [-0.15, -0.1) is 0 Å². The topological polar surface area (TPSA) is 41.5 Å². The van der Waals surface area contributed by atoms with Gasteiger partial charge in [0.25, 0.3) is 0 Å². The van der Waals surface area contributed by atoms with Crippen molar-refractivity contribution in [2.75, 3.05) is 20.2 Å². The van der Waals surface area contributed by atoms with Crippen molar-refractivity contribution in [3.63, 3.8) is 0 Å². The van der Waals surface area contributed by atoms with E-state index in [0.717, 1.165) is 19.5 Å². The van der Waals surface area contributed by atoms with Gasteiger partial charge in [-0.05, 0) is 68.5 Å². The maximum absolute atomic E-state index is 9.80. The predicted octanol–water partition coefficient (Wildman–Crippen LogP) is 2.25. The van der Waals surface area contributed by atoms with E-state index < -0.39 is 0 Å². The molecule has 1 saturated heterocycles. The Morgan fingerprint density at radius 3 is 2.94 bits per heavy atom. The molecule has 1 aromatic carbocycles. The molecule has 1 unspecified atom stereocenters. The first kappa shape index (κ1) is 12.2. The molecule has 17 heavy (non-hydrogen) atoms. The van der Waals surface area contributed by atoms with Crippen LogP contribution in [-0.4, -0.2) is 25.3 Å². The van der Waals surface area contributed by atoms with E-state index in [1.54, 1.807) is 7.11 Å². The molecule has 2 rings (SSSR count). The van der Waals surface area contributed by atoms with Crippen LogP contribution in [0.3, 0.4) is 0 Å². The van der Waals surface area contributed by atoms with E-state index in [9.17, 15) is 5.11 Å². The lowest BCUT2D eigenvalue weighted by Gasteiger charge is -2.23. The summed E-state index contributed by atoms with van der Waals surface area (Å²) in [4.78, 5) is 0. The van der Waals surface area contributed by atoms with Crippen molar-refractivity contribution in [2.45, 2.75) is 26.2 Å². The van der Waals surface area contributed by atoms with Crippen LogP contribution in [0.1, 0.15) is 24.0 Å². The molecule has 1 aromatic rings. The molecular weight excluding hydrogens is 214 g/mol. The molecule has 0 aliphatic carbocycles. The lowest BCUT2D eigenvalue weighted by Crippen LogP contribution is -2.30. The van der Waals surface area contributed by atoms with Crippen LogP contribution in [0.2, 0.25) is 0 Å². The number of benzene rings is 1. The van der Waals surface area contributed by atoms with Crippen molar-refractivity contribution in [3.05, 3.63) is 23.3 Å². The molecule has 3 nitrogen and oxygen atoms in total. The Balaban J connectivity index is 2.12. The zero-order chi connectivity index (χ0) is 12.3. The van der Waals surface area contributed by atoms with Gasteiger partial charge in [-0.25, -0.2) is 0 Å². The van der Waals surface area contributed by atoms with Crippen LogP contribution in [-0.2, 0) is 6.42 Å². The number of nitrogens with one attached hydrogen (secondary N) is 1. The van der Waals surface area contributed by atoms with Gasteiger partial charge in [0, 0.05) is 0 Å². The van der Waals surface area contributed by atoms with Crippen LogP contribution in [0.25, 0.3) is 0 Å². The monoisotopic (exact) mass is 235 g/mol. The highest BCUT2D eigenvalue weighted by atomic mass is 16.5. The molecule has 0 saturated carbocycles. The van der Waals surface area contributed by atoms with E-state index in [-0.39, 0.29) is 5.75 Å². The van der Waals surface area contributed by atoms with Gasteiger partial charge in [0.2, 0.25) is 0 Å². The van der Waals surface area contributed by atoms with E-state index in [0.29, 0.717) is 11.7 Å². The Labute approximate surface area is 103 Å². The molecule has 0 bridgehead atoms. The molecule has 0 spiro atoms. The number of aromatic hydroxyl groups is 1. The Bertz CT molecular complexity index is 384. The summed E-state index contributed by atoms with van der Waals surface area (Å²) in [5.41, 5.74) is 2.43. The molecule has 0 radical (unpaired) electrons. The molecule has 1 aliphatic rings. The Morgan fingerprint density at radius 2 is 2.29 bits per heavy atom. The first-order valence-electron chi connectivity index (χ1n) is 6.28. The Kier molecular flexibility index (Phi) is 3.89. The summed E-state index contributed by atoms with van der Waals surface area (Å²) in [6, 6.07) is 3.77. The molecule has 1 heterocycles. The number of rotatable bonds is 3. The minimum atomic E-state index is 0.247. The average molecular weight is 235 g/mol. The molecule has 0 amide bonds. The van der Waals surface area contributed by atoms with E-state index in [2.05, 4.69) is 12.2 Å². The van der Waals surface area contributed by atoms with Crippen molar-refractivity contribution < 1.29 is 9.84 Å². The number of aryl methyl sites for hydroxylation is 1. The van der Waals surface area contributed by atoms with E-state index in [4.69, 9.17) is 4.74 Å². The third-order valence-corrected chi connectivity index (χ3v) is 3.54. The van der Waals surface area contributed by atoms with Gasteiger partial charge < -0.3 is 15.2 Å². The summed E-state index contributed by atoms with van der Waals surface area (Å²) in [7, 11) is 1.58. The van der Waals surface area contributed by atoms with Gasteiger partial charge in [-0.3, -0.25) is 0 Å². The van der Waals surface area contributed by atoms with Gasteiger partial charge in [0.1, 0.15) is 0 Å². The summed E-state index contributed by atoms with van der Waals surface area (Å²) < 4.78 is 5.11. The smallest absolute Gasteiger partial charge is 0.160 e. The highest BCUT2D eigenvalue weighted by molar-refractivity contribution is 5.46. The summed E-state index contributed by atoms with van der Waals surface area (Å²) in [5.74, 6) is 1.50. The highest BCUT2D eigenvalue weighted by Crippen LogP contribution is 2.30. The number of hydrogen-bond donors (Lipinski definition) is 2. The molecule has 2 N–H and O–H groups in total. The van der Waals surface area contributed by atoms with E-state index >= 15 is 0 Å². The average Bonchev–Trinajstić information content (AvgIpc) is 2.34. The standard InChI is InChI=1S/C14H21NO2/c1-10-6-14(17-2)13(16)8-12(10)7-11-4-3-5-15-9-11/h6,8,11,15-16H,3-5,7,9H2,1-2H3. The molecular formula is C14H21NO2. The van der Waals surface area contributed by atoms with Crippen LogP contribution in [0.5, 0.6) is 11.5 Å². The molecule has 94 valence electrons. The normalized spacial score (nSPS) is 20.2. The Hall–Kier alpha value is -1.22. The van der Waals surface area contributed by atoms with E-state index in [1.165, 1.54) is 24.0 Å².